The Balaban J connectivity index is 1.29. The summed E-state index contributed by atoms with van der Waals surface area (Å²) in [6, 6.07) is 8.42. The maximum absolute atomic E-state index is 14.1. The largest absolute Gasteiger partial charge is 0.366 e. The Labute approximate surface area is 220 Å². The molecule has 36 heavy (non-hydrogen) atoms. The highest BCUT2D eigenvalue weighted by Gasteiger charge is 2.30. The summed E-state index contributed by atoms with van der Waals surface area (Å²) >= 11 is 7.53. The van der Waals surface area contributed by atoms with Crippen LogP contribution in [0.4, 0.5) is 15.9 Å². The van der Waals surface area contributed by atoms with E-state index in [2.05, 4.69) is 14.9 Å². The van der Waals surface area contributed by atoms with Gasteiger partial charge in [-0.25, -0.2) is 14.4 Å². The van der Waals surface area contributed by atoms with E-state index < -0.39 is 5.41 Å². The Kier molecular flexibility index (Phi) is 8.24. The van der Waals surface area contributed by atoms with Gasteiger partial charge in [-0.2, -0.15) is 0 Å². The van der Waals surface area contributed by atoms with E-state index in [1.165, 1.54) is 17.8 Å². The van der Waals surface area contributed by atoms with Crippen molar-refractivity contribution in [2.75, 3.05) is 67.9 Å². The van der Waals surface area contributed by atoms with Crippen molar-refractivity contribution in [3.63, 3.8) is 0 Å². The van der Waals surface area contributed by atoms with Crippen molar-refractivity contribution >= 4 is 46.7 Å². The number of benzene rings is 1. The van der Waals surface area contributed by atoms with Crippen LogP contribution in [-0.4, -0.2) is 89.7 Å². The summed E-state index contributed by atoms with van der Waals surface area (Å²) in [5, 5.41) is 0.769. The Bertz CT molecular complexity index is 1100. The molecule has 0 N–H and O–H groups in total. The van der Waals surface area contributed by atoms with E-state index in [1.807, 2.05) is 36.6 Å². The topological polar surface area (TPSA) is 72.9 Å². The van der Waals surface area contributed by atoms with Crippen molar-refractivity contribution < 1.29 is 14.0 Å². The van der Waals surface area contributed by atoms with Gasteiger partial charge in [-0.05, 0) is 12.1 Å². The number of amides is 2. The molecule has 2 aromatic rings. The van der Waals surface area contributed by atoms with Crippen molar-refractivity contribution in [2.45, 2.75) is 25.9 Å². The zero-order valence-electron chi connectivity index (χ0n) is 20.9. The van der Waals surface area contributed by atoms with Gasteiger partial charge in [0.1, 0.15) is 16.8 Å². The van der Waals surface area contributed by atoms with Gasteiger partial charge in [0.05, 0.1) is 11.4 Å². The molecule has 0 bridgehead atoms. The molecule has 2 amide bonds. The molecule has 194 valence electrons. The van der Waals surface area contributed by atoms with Gasteiger partial charge < -0.3 is 19.6 Å². The predicted molar refractivity (Wildman–Crippen MR) is 141 cm³/mol. The molecule has 1 aromatic carbocycles. The normalized spacial score (nSPS) is 16.9. The SMILES string of the molecule is CC(C)(C)C(=O)N1CCN(c2cc(Cl)nc(SCC(=O)N3CCN(c4ccccc4F)CC3)n2)CC1. The second-order valence-electron chi connectivity index (χ2n) is 9.97. The van der Waals surface area contributed by atoms with Gasteiger partial charge in [0, 0.05) is 63.8 Å². The minimum atomic E-state index is -0.402. The van der Waals surface area contributed by atoms with Gasteiger partial charge in [-0.3, -0.25) is 9.59 Å². The lowest BCUT2D eigenvalue weighted by Crippen LogP contribution is -2.51. The molecule has 0 radical (unpaired) electrons. The number of aromatic nitrogens is 2. The molecule has 0 spiro atoms. The molecule has 0 saturated carbocycles. The summed E-state index contributed by atoms with van der Waals surface area (Å²) in [6.07, 6.45) is 0. The first-order chi connectivity index (χ1) is 17.1. The summed E-state index contributed by atoms with van der Waals surface area (Å²) in [6.45, 7) is 10.6. The summed E-state index contributed by atoms with van der Waals surface area (Å²) in [4.78, 5) is 42.0. The molecule has 2 aliphatic heterocycles. The van der Waals surface area contributed by atoms with E-state index in [9.17, 15) is 14.0 Å². The van der Waals surface area contributed by atoms with Crippen molar-refractivity contribution in [1.29, 1.82) is 0 Å². The summed E-state index contributed by atoms with van der Waals surface area (Å²) in [7, 11) is 0. The molecular formula is C25H32ClFN6O2S. The molecule has 0 aliphatic carbocycles. The van der Waals surface area contributed by atoms with E-state index >= 15 is 0 Å². The van der Waals surface area contributed by atoms with Crippen molar-refractivity contribution in [2.24, 2.45) is 5.41 Å². The molecule has 2 saturated heterocycles. The lowest BCUT2D eigenvalue weighted by molar-refractivity contribution is -0.139. The molecule has 1 aromatic heterocycles. The maximum atomic E-state index is 14.1. The van der Waals surface area contributed by atoms with Crippen LogP contribution in [0.1, 0.15) is 20.8 Å². The fourth-order valence-electron chi connectivity index (χ4n) is 4.35. The number of carbonyl (C=O) groups excluding carboxylic acids is 2. The van der Waals surface area contributed by atoms with E-state index in [0.717, 1.165) is 0 Å². The van der Waals surface area contributed by atoms with E-state index in [1.54, 1.807) is 23.1 Å². The molecule has 8 nitrogen and oxygen atoms in total. The highest BCUT2D eigenvalue weighted by molar-refractivity contribution is 7.99. The van der Waals surface area contributed by atoms with Crippen LogP contribution in [0, 0.1) is 11.2 Å². The number of hydrogen-bond donors (Lipinski definition) is 0. The molecule has 2 fully saturated rings. The number of carbonyl (C=O) groups is 2. The van der Waals surface area contributed by atoms with E-state index in [-0.39, 0.29) is 23.4 Å². The molecule has 4 rings (SSSR count). The number of thioether (sulfide) groups is 1. The average molecular weight is 535 g/mol. The molecule has 0 atom stereocenters. The quantitative estimate of drug-likeness (QED) is 0.331. The van der Waals surface area contributed by atoms with Crippen LogP contribution in [0.15, 0.2) is 35.5 Å². The summed E-state index contributed by atoms with van der Waals surface area (Å²) in [5.41, 5.74) is 0.170. The number of halogens is 2. The summed E-state index contributed by atoms with van der Waals surface area (Å²) < 4.78 is 14.1. The second-order valence-corrected chi connectivity index (χ2v) is 11.3. The van der Waals surface area contributed by atoms with Gasteiger partial charge in [0.2, 0.25) is 11.8 Å². The Morgan fingerprint density at radius 1 is 0.944 bits per heavy atom. The molecule has 3 heterocycles. The van der Waals surface area contributed by atoms with E-state index in [4.69, 9.17) is 11.6 Å². The average Bonchev–Trinajstić information content (AvgIpc) is 2.86. The zero-order chi connectivity index (χ0) is 25.9. The minimum Gasteiger partial charge on any atom is -0.366 e. The number of rotatable bonds is 5. The standard InChI is InChI=1S/C25H32ClFN6O2S/c1-25(2,3)23(35)33-14-10-31(11-15-33)21-16-20(26)28-24(29-21)36-17-22(34)32-12-8-30(9-13-32)19-7-5-4-6-18(19)27/h4-7,16H,8-15,17H2,1-3H3. The third-order valence-corrected chi connectivity index (χ3v) is 7.37. The molecule has 2 aliphatic rings. The van der Waals surface area contributed by atoms with Crippen LogP contribution >= 0.6 is 23.4 Å². The fraction of sp³-hybridized carbons (Fsp3) is 0.520. The van der Waals surface area contributed by atoms with Gasteiger partial charge in [-0.1, -0.05) is 56.3 Å². The zero-order valence-corrected chi connectivity index (χ0v) is 22.5. The Morgan fingerprint density at radius 2 is 1.56 bits per heavy atom. The number of nitrogens with zero attached hydrogens (tertiary/aromatic N) is 6. The lowest BCUT2D eigenvalue weighted by atomic mass is 9.94. The van der Waals surface area contributed by atoms with Gasteiger partial charge in [-0.15, -0.1) is 0 Å². The number of hydrogen-bond acceptors (Lipinski definition) is 7. The third-order valence-electron chi connectivity index (χ3n) is 6.34. The highest BCUT2D eigenvalue weighted by Crippen LogP contribution is 2.25. The maximum Gasteiger partial charge on any atom is 0.233 e. The Hall–Kier alpha value is -2.59. The molecular weight excluding hydrogens is 503 g/mol. The van der Waals surface area contributed by atoms with Crippen LogP contribution in [0.25, 0.3) is 0 Å². The van der Waals surface area contributed by atoms with Crippen molar-refractivity contribution in [1.82, 2.24) is 19.8 Å². The number of para-hydroxylation sites is 1. The minimum absolute atomic E-state index is 0.00684. The van der Waals surface area contributed by atoms with Gasteiger partial charge in [0.15, 0.2) is 5.16 Å². The predicted octanol–water partition coefficient (Wildman–Crippen LogP) is 3.40. The first-order valence-electron chi connectivity index (χ1n) is 12.1. The Morgan fingerprint density at radius 3 is 2.19 bits per heavy atom. The van der Waals surface area contributed by atoms with Crippen LogP contribution in [0.2, 0.25) is 5.15 Å². The van der Waals surface area contributed by atoms with Crippen LogP contribution < -0.4 is 9.80 Å². The first-order valence-corrected chi connectivity index (χ1v) is 13.5. The van der Waals surface area contributed by atoms with Crippen LogP contribution in [-0.2, 0) is 9.59 Å². The third kappa shape index (κ3) is 6.39. The van der Waals surface area contributed by atoms with Gasteiger partial charge >= 0.3 is 0 Å². The molecule has 0 unspecified atom stereocenters. The second kappa shape index (κ2) is 11.2. The highest BCUT2D eigenvalue weighted by atomic mass is 35.5. The van der Waals surface area contributed by atoms with Gasteiger partial charge in [0.25, 0.3) is 0 Å². The lowest BCUT2D eigenvalue weighted by Gasteiger charge is -2.38. The fourth-order valence-corrected chi connectivity index (χ4v) is 5.33. The van der Waals surface area contributed by atoms with E-state index in [0.29, 0.717) is 74.2 Å². The first kappa shape index (κ1) is 26.5. The van der Waals surface area contributed by atoms with Crippen molar-refractivity contribution in [3.05, 3.63) is 41.3 Å². The van der Waals surface area contributed by atoms with Crippen LogP contribution in [0.5, 0.6) is 0 Å². The molecule has 11 heteroatoms. The van der Waals surface area contributed by atoms with Crippen molar-refractivity contribution in [3.8, 4) is 0 Å². The smallest absolute Gasteiger partial charge is 0.233 e. The number of piperazine rings is 2. The monoisotopic (exact) mass is 534 g/mol. The van der Waals surface area contributed by atoms with Crippen LogP contribution in [0.3, 0.4) is 0 Å². The summed E-state index contributed by atoms with van der Waals surface area (Å²) in [5.74, 6) is 0.795. The number of anilines is 2.